The van der Waals surface area contributed by atoms with E-state index in [1.807, 2.05) is 65.6 Å². The summed E-state index contributed by atoms with van der Waals surface area (Å²) in [6.45, 7) is 4.08. The lowest BCUT2D eigenvalue weighted by molar-refractivity contribution is -0.117. The summed E-state index contributed by atoms with van der Waals surface area (Å²) in [5.74, 6) is 2.05. The first-order valence-corrected chi connectivity index (χ1v) is 11.7. The number of aryl methyl sites for hydroxylation is 2. The van der Waals surface area contributed by atoms with Crippen molar-refractivity contribution in [1.29, 1.82) is 0 Å². The standard InChI is InChI=1S/C27H26ClN3O2/c1-19-7-2-5-10-25(19)33-16-6-15-30-24-9-4-3-8-23(24)29-27(30)20-17-26(32)31(18-20)22-13-11-21(28)12-14-22/h2-5,7-14,20H,6,15-18H2,1H3/t20-/m1/s1. The summed E-state index contributed by atoms with van der Waals surface area (Å²) in [4.78, 5) is 19.6. The van der Waals surface area contributed by atoms with Crippen LogP contribution in [0, 0.1) is 6.92 Å². The van der Waals surface area contributed by atoms with Gasteiger partial charge in [-0.3, -0.25) is 4.79 Å². The number of fused-ring (bicyclic) bond motifs is 1. The van der Waals surface area contributed by atoms with Crippen molar-refractivity contribution in [2.45, 2.75) is 32.2 Å². The van der Waals surface area contributed by atoms with Gasteiger partial charge in [0.25, 0.3) is 0 Å². The Morgan fingerprint density at radius 2 is 1.79 bits per heavy atom. The van der Waals surface area contributed by atoms with Crippen molar-refractivity contribution >= 4 is 34.2 Å². The van der Waals surface area contributed by atoms with Crippen LogP contribution >= 0.6 is 11.6 Å². The third-order valence-corrected chi connectivity index (χ3v) is 6.44. The number of benzene rings is 3. The van der Waals surface area contributed by atoms with Crippen LogP contribution in [0.15, 0.2) is 72.8 Å². The Morgan fingerprint density at radius 1 is 1.03 bits per heavy atom. The zero-order valence-electron chi connectivity index (χ0n) is 18.6. The van der Waals surface area contributed by atoms with Crippen molar-refractivity contribution in [3.8, 4) is 5.75 Å². The van der Waals surface area contributed by atoms with E-state index in [9.17, 15) is 4.79 Å². The average Bonchev–Trinajstić information content (AvgIpc) is 3.39. The molecule has 4 aromatic rings. The molecule has 168 valence electrons. The molecule has 1 atom stereocenters. The first-order chi connectivity index (χ1) is 16.1. The molecular formula is C27H26ClN3O2. The molecule has 2 heterocycles. The van der Waals surface area contributed by atoms with Crippen molar-refractivity contribution < 1.29 is 9.53 Å². The number of carbonyl (C=O) groups is 1. The number of nitrogens with zero attached hydrogens (tertiary/aromatic N) is 3. The first kappa shape index (κ1) is 21.5. The van der Waals surface area contributed by atoms with Gasteiger partial charge < -0.3 is 14.2 Å². The highest BCUT2D eigenvalue weighted by Crippen LogP contribution is 2.33. The zero-order chi connectivity index (χ0) is 22.8. The van der Waals surface area contributed by atoms with Gasteiger partial charge in [0.1, 0.15) is 11.6 Å². The van der Waals surface area contributed by atoms with Gasteiger partial charge in [-0.05, 0) is 61.4 Å². The second-order valence-corrected chi connectivity index (χ2v) is 8.90. The number of aromatic nitrogens is 2. The highest BCUT2D eigenvalue weighted by molar-refractivity contribution is 6.30. The maximum absolute atomic E-state index is 12.9. The molecule has 1 fully saturated rings. The Morgan fingerprint density at radius 3 is 2.61 bits per heavy atom. The molecule has 0 unspecified atom stereocenters. The van der Waals surface area contributed by atoms with E-state index < -0.39 is 0 Å². The Bertz CT molecular complexity index is 1280. The van der Waals surface area contributed by atoms with Crippen LogP contribution in [-0.2, 0) is 11.3 Å². The van der Waals surface area contributed by atoms with Gasteiger partial charge in [0, 0.05) is 36.1 Å². The number of anilines is 1. The van der Waals surface area contributed by atoms with Crippen LogP contribution in [0.2, 0.25) is 5.02 Å². The minimum absolute atomic E-state index is 0.0397. The van der Waals surface area contributed by atoms with Crippen LogP contribution < -0.4 is 9.64 Å². The second kappa shape index (κ2) is 9.28. The van der Waals surface area contributed by atoms with E-state index in [2.05, 4.69) is 23.6 Å². The lowest BCUT2D eigenvalue weighted by Crippen LogP contribution is -2.24. The third kappa shape index (κ3) is 4.46. The number of ether oxygens (including phenoxy) is 1. The Hall–Kier alpha value is -3.31. The van der Waals surface area contributed by atoms with Gasteiger partial charge in [0.2, 0.25) is 5.91 Å². The lowest BCUT2D eigenvalue weighted by Gasteiger charge is -2.17. The molecule has 1 aliphatic rings. The van der Waals surface area contributed by atoms with Crippen LogP contribution in [0.1, 0.15) is 30.1 Å². The number of hydrogen-bond acceptors (Lipinski definition) is 3. The number of carbonyl (C=O) groups excluding carboxylic acids is 1. The van der Waals surface area contributed by atoms with Crippen molar-refractivity contribution in [1.82, 2.24) is 9.55 Å². The first-order valence-electron chi connectivity index (χ1n) is 11.3. The smallest absolute Gasteiger partial charge is 0.227 e. The highest BCUT2D eigenvalue weighted by Gasteiger charge is 2.34. The molecule has 0 radical (unpaired) electrons. The predicted molar refractivity (Wildman–Crippen MR) is 132 cm³/mol. The number of amides is 1. The number of hydrogen-bond donors (Lipinski definition) is 0. The Balaban J connectivity index is 1.35. The molecule has 3 aromatic carbocycles. The molecule has 0 N–H and O–H groups in total. The van der Waals surface area contributed by atoms with Crippen LogP contribution in [0.25, 0.3) is 11.0 Å². The normalized spacial score (nSPS) is 16.0. The van der Waals surface area contributed by atoms with Crippen molar-refractivity contribution in [3.63, 3.8) is 0 Å². The number of halogens is 1. The van der Waals surface area contributed by atoms with Crippen LogP contribution in [0.5, 0.6) is 5.75 Å². The molecule has 1 saturated heterocycles. The van der Waals surface area contributed by atoms with E-state index in [1.165, 1.54) is 0 Å². The monoisotopic (exact) mass is 459 g/mol. The maximum Gasteiger partial charge on any atom is 0.227 e. The highest BCUT2D eigenvalue weighted by atomic mass is 35.5. The molecule has 33 heavy (non-hydrogen) atoms. The van der Waals surface area contributed by atoms with Crippen LogP contribution in [-0.4, -0.2) is 28.6 Å². The van der Waals surface area contributed by atoms with E-state index in [1.54, 1.807) is 0 Å². The minimum Gasteiger partial charge on any atom is -0.493 e. The number of imidazole rings is 1. The molecule has 0 bridgehead atoms. The number of para-hydroxylation sites is 3. The molecule has 0 spiro atoms. The van der Waals surface area contributed by atoms with Gasteiger partial charge in [0.15, 0.2) is 0 Å². The van der Waals surface area contributed by atoms with Crippen molar-refractivity contribution in [3.05, 3.63) is 89.2 Å². The van der Waals surface area contributed by atoms with Gasteiger partial charge in [-0.15, -0.1) is 0 Å². The minimum atomic E-state index is 0.0397. The summed E-state index contributed by atoms with van der Waals surface area (Å²) in [5.41, 5.74) is 4.07. The van der Waals surface area contributed by atoms with Gasteiger partial charge in [0.05, 0.1) is 17.6 Å². The van der Waals surface area contributed by atoms with E-state index in [4.69, 9.17) is 21.3 Å². The SMILES string of the molecule is Cc1ccccc1OCCCn1c([C@@H]2CC(=O)N(c3ccc(Cl)cc3)C2)nc2ccccc21. The zero-order valence-corrected chi connectivity index (χ0v) is 19.3. The molecular weight excluding hydrogens is 434 g/mol. The summed E-state index contributed by atoms with van der Waals surface area (Å²) in [6, 6.07) is 23.7. The van der Waals surface area contributed by atoms with E-state index >= 15 is 0 Å². The second-order valence-electron chi connectivity index (χ2n) is 8.46. The van der Waals surface area contributed by atoms with Gasteiger partial charge in [-0.25, -0.2) is 4.98 Å². The quantitative estimate of drug-likeness (QED) is 0.319. The molecule has 0 aliphatic carbocycles. The van der Waals surface area contributed by atoms with Crippen LogP contribution in [0.4, 0.5) is 5.69 Å². The molecule has 6 heteroatoms. The molecule has 5 nitrogen and oxygen atoms in total. The molecule has 0 saturated carbocycles. The molecule has 5 rings (SSSR count). The topological polar surface area (TPSA) is 47.4 Å². The van der Waals surface area contributed by atoms with Crippen LogP contribution in [0.3, 0.4) is 0 Å². The van der Waals surface area contributed by atoms with Gasteiger partial charge in [-0.1, -0.05) is 41.9 Å². The van der Waals surface area contributed by atoms with Gasteiger partial charge in [-0.2, -0.15) is 0 Å². The van der Waals surface area contributed by atoms with E-state index in [0.717, 1.165) is 46.8 Å². The maximum atomic E-state index is 12.9. The summed E-state index contributed by atoms with van der Waals surface area (Å²) >= 11 is 6.03. The summed E-state index contributed by atoms with van der Waals surface area (Å²) < 4.78 is 8.27. The van der Waals surface area contributed by atoms with Crippen molar-refractivity contribution in [2.75, 3.05) is 18.1 Å². The third-order valence-electron chi connectivity index (χ3n) is 6.19. The molecule has 1 amide bonds. The number of rotatable bonds is 7. The molecule has 1 aliphatic heterocycles. The summed E-state index contributed by atoms with van der Waals surface area (Å²) in [5, 5.41) is 0.664. The fourth-order valence-corrected chi connectivity index (χ4v) is 4.64. The summed E-state index contributed by atoms with van der Waals surface area (Å²) in [7, 11) is 0. The summed E-state index contributed by atoms with van der Waals surface area (Å²) in [6.07, 6.45) is 1.30. The predicted octanol–water partition coefficient (Wildman–Crippen LogP) is 5.99. The van der Waals surface area contributed by atoms with E-state index in [-0.39, 0.29) is 11.8 Å². The largest absolute Gasteiger partial charge is 0.493 e. The molecule has 1 aromatic heterocycles. The van der Waals surface area contributed by atoms with E-state index in [0.29, 0.717) is 24.6 Å². The van der Waals surface area contributed by atoms with Crippen molar-refractivity contribution in [2.24, 2.45) is 0 Å². The Labute approximate surface area is 198 Å². The Kier molecular flexibility index (Phi) is 6.05. The van der Waals surface area contributed by atoms with Gasteiger partial charge >= 0.3 is 0 Å². The fourth-order valence-electron chi connectivity index (χ4n) is 4.52. The fraction of sp³-hybridized carbons (Fsp3) is 0.259. The lowest BCUT2D eigenvalue weighted by atomic mass is 10.1. The average molecular weight is 460 g/mol.